The lowest BCUT2D eigenvalue weighted by atomic mass is 9.54. The molecule has 3 rings (SSSR count). The van der Waals surface area contributed by atoms with Gasteiger partial charge in [-0.2, -0.15) is 15.8 Å². The number of fused-ring (bicyclic) bond motifs is 2. The van der Waals surface area contributed by atoms with E-state index < -0.39 is 28.6 Å². The highest BCUT2D eigenvalue weighted by Gasteiger charge is 2.78. The first-order chi connectivity index (χ1) is 11.0. The van der Waals surface area contributed by atoms with Gasteiger partial charge in [0.1, 0.15) is 6.10 Å². The third-order valence-electron chi connectivity index (χ3n) is 5.14. The molecule has 7 heteroatoms. The predicted octanol–water partition coefficient (Wildman–Crippen LogP) is 2.64. The molecule has 2 aliphatic heterocycles. The number of hydrogen-bond acceptors (Lipinski definition) is 7. The van der Waals surface area contributed by atoms with Crippen LogP contribution >= 0.6 is 0 Å². The zero-order valence-electron chi connectivity index (χ0n) is 12.7. The lowest BCUT2D eigenvalue weighted by Crippen LogP contribution is -2.58. The summed E-state index contributed by atoms with van der Waals surface area (Å²) in [7, 11) is 0. The molecule has 1 aromatic heterocycles. The van der Waals surface area contributed by atoms with Crippen molar-refractivity contribution in [2.45, 2.75) is 32.2 Å². The summed E-state index contributed by atoms with van der Waals surface area (Å²) in [5, 5.41) is 37.8. The van der Waals surface area contributed by atoms with Crippen LogP contribution in [0.2, 0.25) is 0 Å². The van der Waals surface area contributed by atoms with Crippen molar-refractivity contribution in [3.8, 4) is 18.2 Å². The van der Waals surface area contributed by atoms with E-state index in [9.17, 15) is 15.8 Å². The van der Waals surface area contributed by atoms with Crippen LogP contribution in [0.4, 0.5) is 0 Å². The quantitative estimate of drug-likeness (QED) is 0.894. The van der Waals surface area contributed by atoms with E-state index in [-0.39, 0.29) is 5.90 Å². The van der Waals surface area contributed by atoms with Gasteiger partial charge in [0.25, 0.3) is 0 Å². The van der Waals surface area contributed by atoms with Crippen molar-refractivity contribution in [2.24, 2.45) is 16.7 Å². The van der Waals surface area contributed by atoms with Crippen molar-refractivity contribution in [3.05, 3.63) is 24.2 Å². The van der Waals surface area contributed by atoms with Gasteiger partial charge in [-0.25, -0.2) is 0 Å². The monoisotopic (exact) mass is 310 g/mol. The summed E-state index contributed by atoms with van der Waals surface area (Å²) < 4.78 is 16.7. The van der Waals surface area contributed by atoms with Crippen molar-refractivity contribution < 1.29 is 13.9 Å². The summed E-state index contributed by atoms with van der Waals surface area (Å²) in [5.74, 6) is -2.24. The number of nitrogens with zero attached hydrogens (tertiary/aromatic N) is 3. The lowest BCUT2D eigenvalue weighted by Gasteiger charge is -2.48. The lowest BCUT2D eigenvalue weighted by molar-refractivity contribution is -0.280. The molecular formula is C16H14N4O3. The van der Waals surface area contributed by atoms with Crippen LogP contribution in [0.15, 0.2) is 23.0 Å². The Hall–Kier alpha value is -2.82. The first-order valence-corrected chi connectivity index (χ1v) is 7.19. The highest BCUT2D eigenvalue weighted by molar-refractivity contribution is 5.89. The molecule has 4 unspecified atom stereocenters. The van der Waals surface area contributed by atoms with Gasteiger partial charge in [0.05, 0.1) is 36.7 Å². The predicted molar refractivity (Wildman–Crippen MR) is 75.2 cm³/mol. The van der Waals surface area contributed by atoms with Gasteiger partial charge in [0, 0.05) is 12.0 Å². The second-order valence-electron chi connectivity index (χ2n) is 5.82. The van der Waals surface area contributed by atoms with Crippen molar-refractivity contribution in [3.63, 3.8) is 0 Å². The zero-order chi connectivity index (χ0) is 16.9. The highest BCUT2D eigenvalue weighted by atomic mass is 16.7. The SMILES string of the molecule is CCC12OC(=N)C(C#N)(C1C)C(C#N)(C#N)C(c1ccoc1)O2. The van der Waals surface area contributed by atoms with Gasteiger partial charge in [0.2, 0.25) is 17.1 Å². The van der Waals surface area contributed by atoms with E-state index in [1.807, 2.05) is 25.1 Å². The Bertz CT molecular complexity index is 768. The van der Waals surface area contributed by atoms with E-state index in [0.717, 1.165) is 0 Å². The average molecular weight is 310 g/mol. The van der Waals surface area contributed by atoms with Gasteiger partial charge in [-0.05, 0) is 6.07 Å². The van der Waals surface area contributed by atoms with E-state index >= 15 is 0 Å². The van der Waals surface area contributed by atoms with Gasteiger partial charge in [-0.15, -0.1) is 0 Å². The van der Waals surface area contributed by atoms with Gasteiger partial charge >= 0.3 is 0 Å². The van der Waals surface area contributed by atoms with Crippen LogP contribution in [0, 0.1) is 56.2 Å². The fraction of sp³-hybridized carbons (Fsp3) is 0.500. The maximum atomic E-state index is 9.88. The molecule has 1 aromatic rings. The van der Waals surface area contributed by atoms with Gasteiger partial charge in [-0.3, -0.25) is 5.41 Å². The third-order valence-corrected chi connectivity index (χ3v) is 5.14. The normalized spacial score (nSPS) is 37.3. The first-order valence-electron chi connectivity index (χ1n) is 7.19. The van der Waals surface area contributed by atoms with E-state index in [1.54, 1.807) is 13.0 Å². The largest absolute Gasteiger partial charge is 0.472 e. The molecule has 7 nitrogen and oxygen atoms in total. The highest BCUT2D eigenvalue weighted by Crippen LogP contribution is 2.66. The van der Waals surface area contributed by atoms with Crippen LogP contribution in [-0.4, -0.2) is 11.7 Å². The summed E-state index contributed by atoms with van der Waals surface area (Å²) in [5.41, 5.74) is -3.14. The smallest absolute Gasteiger partial charge is 0.217 e. The average Bonchev–Trinajstić information content (AvgIpc) is 3.14. The second kappa shape index (κ2) is 4.59. The van der Waals surface area contributed by atoms with Crippen LogP contribution in [0.5, 0.6) is 0 Å². The maximum Gasteiger partial charge on any atom is 0.217 e. The van der Waals surface area contributed by atoms with Gasteiger partial charge in [-0.1, -0.05) is 13.8 Å². The molecule has 2 fully saturated rings. The van der Waals surface area contributed by atoms with Gasteiger partial charge < -0.3 is 13.9 Å². The third kappa shape index (κ3) is 1.42. The molecule has 116 valence electrons. The van der Waals surface area contributed by atoms with Crippen molar-refractivity contribution >= 4 is 5.90 Å². The zero-order valence-corrected chi connectivity index (χ0v) is 12.7. The Kier molecular flexibility index (Phi) is 3.01. The number of ether oxygens (including phenoxy) is 2. The van der Waals surface area contributed by atoms with E-state index in [4.69, 9.17) is 19.3 Å². The molecule has 2 saturated heterocycles. The van der Waals surface area contributed by atoms with Crippen LogP contribution < -0.4 is 0 Å². The Morgan fingerprint density at radius 2 is 1.96 bits per heavy atom. The Morgan fingerprint density at radius 3 is 2.43 bits per heavy atom. The van der Waals surface area contributed by atoms with Crippen LogP contribution in [0.25, 0.3) is 0 Å². The minimum Gasteiger partial charge on any atom is -0.472 e. The molecule has 23 heavy (non-hydrogen) atoms. The molecule has 0 aromatic carbocycles. The Labute approximate surface area is 133 Å². The summed E-state index contributed by atoms with van der Waals surface area (Å²) >= 11 is 0. The molecule has 3 heterocycles. The topological polar surface area (TPSA) is 127 Å². The molecule has 2 bridgehead atoms. The number of nitriles is 3. The Balaban J connectivity index is 2.35. The molecule has 0 spiro atoms. The van der Waals surface area contributed by atoms with Crippen molar-refractivity contribution in [1.29, 1.82) is 21.2 Å². The number of rotatable bonds is 2. The molecule has 0 saturated carbocycles. The molecule has 1 N–H and O–H groups in total. The Morgan fingerprint density at radius 1 is 1.26 bits per heavy atom. The molecule has 0 amide bonds. The summed E-state index contributed by atoms with van der Waals surface area (Å²) in [6, 6.07) is 7.54. The van der Waals surface area contributed by atoms with Crippen LogP contribution in [-0.2, 0) is 9.47 Å². The number of furan rings is 1. The molecule has 4 atom stereocenters. The fourth-order valence-corrected chi connectivity index (χ4v) is 3.77. The van der Waals surface area contributed by atoms with E-state index in [1.165, 1.54) is 12.5 Å². The minimum atomic E-state index is -1.91. The fourth-order valence-electron chi connectivity index (χ4n) is 3.77. The van der Waals surface area contributed by atoms with Crippen LogP contribution in [0.3, 0.4) is 0 Å². The van der Waals surface area contributed by atoms with Crippen molar-refractivity contribution in [2.75, 3.05) is 0 Å². The summed E-state index contributed by atoms with van der Waals surface area (Å²) in [6.45, 7) is 3.50. The minimum absolute atomic E-state index is 0.376. The van der Waals surface area contributed by atoms with E-state index in [2.05, 4.69) is 0 Å². The first kappa shape index (κ1) is 15.1. The summed E-state index contributed by atoms with van der Waals surface area (Å²) in [4.78, 5) is 0. The van der Waals surface area contributed by atoms with Gasteiger partial charge in [0.15, 0.2) is 5.41 Å². The van der Waals surface area contributed by atoms with Crippen molar-refractivity contribution in [1.82, 2.24) is 0 Å². The van der Waals surface area contributed by atoms with E-state index in [0.29, 0.717) is 12.0 Å². The molecular weight excluding hydrogens is 296 g/mol. The second-order valence-corrected chi connectivity index (χ2v) is 5.82. The maximum absolute atomic E-state index is 9.88. The number of hydrogen-bond donors (Lipinski definition) is 1. The van der Waals surface area contributed by atoms with Crippen LogP contribution in [0.1, 0.15) is 31.9 Å². The molecule has 0 radical (unpaired) electrons. The molecule has 2 aliphatic rings. The summed E-state index contributed by atoms with van der Waals surface area (Å²) in [6.07, 6.45) is 2.11. The molecule has 0 aliphatic carbocycles. The standard InChI is InChI=1S/C16H14N4O3/c1-3-16-10(2)15(9-19,13(20)23-16)14(7-17,8-18)12(22-16)11-4-5-21-6-11/h4-6,10,12,20H,3H2,1-2H3. The number of nitrogens with one attached hydrogen (secondary N) is 1.